The van der Waals surface area contributed by atoms with Gasteiger partial charge in [0.1, 0.15) is 11.5 Å². The zero-order chi connectivity index (χ0) is 32.7. The first-order chi connectivity index (χ1) is 21.9. The molecule has 0 heterocycles. The summed E-state index contributed by atoms with van der Waals surface area (Å²) in [5.74, 6) is -0.842. The van der Waals surface area contributed by atoms with E-state index in [1.807, 2.05) is 13.8 Å². The van der Waals surface area contributed by atoms with E-state index in [4.69, 9.17) is 25.5 Å². The Labute approximate surface area is 269 Å². The van der Waals surface area contributed by atoms with Crippen molar-refractivity contribution in [3.63, 3.8) is 0 Å². The number of esters is 3. The SMILES string of the molecule is [C-]#[N+]c1ccc(OC(=O)c2ccc(OCCCOC(=O)C(CC)CC(C)C(=O)OCCCCCCCCCCCC)cc2)cc1. The van der Waals surface area contributed by atoms with Crippen molar-refractivity contribution in [2.45, 2.75) is 104 Å². The average Bonchev–Trinajstić information content (AvgIpc) is 3.06. The van der Waals surface area contributed by atoms with Gasteiger partial charge >= 0.3 is 17.9 Å². The van der Waals surface area contributed by atoms with Gasteiger partial charge in [0.25, 0.3) is 0 Å². The minimum Gasteiger partial charge on any atom is -0.493 e. The molecule has 0 spiro atoms. The lowest BCUT2D eigenvalue weighted by Gasteiger charge is -2.18. The summed E-state index contributed by atoms with van der Waals surface area (Å²) in [4.78, 5) is 40.7. The van der Waals surface area contributed by atoms with Crippen LogP contribution in [-0.4, -0.2) is 37.7 Å². The highest BCUT2D eigenvalue weighted by Gasteiger charge is 2.25. The molecule has 246 valence electrons. The van der Waals surface area contributed by atoms with Crippen LogP contribution in [0.2, 0.25) is 0 Å². The van der Waals surface area contributed by atoms with Crippen molar-refractivity contribution < 1.29 is 33.3 Å². The zero-order valence-electron chi connectivity index (χ0n) is 27.4. The smallest absolute Gasteiger partial charge is 0.343 e. The summed E-state index contributed by atoms with van der Waals surface area (Å²) in [6.45, 7) is 13.9. The van der Waals surface area contributed by atoms with Crippen LogP contribution in [0.3, 0.4) is 0 Å². The average molecular weight is 622 g/mol. The van der Waals surface area contributed by atoms with Gasteiger partial charge in [-0.15, -0.1) is 0 Å². The molecule has 0 aliphatic rings. The molecule has 0 N–H and O–H groups in total. The predicted molar refractivity (Wildman–Crippen MR) is 176 cm³/mol. The highest BCUT2D eigenvalue weighted by Crippen LogP contribution is 2.21. The molecule has 2 atom stereocenters. The molecule has 0 saturated carbocycles. The lowest BCUT2D eigenvalue weighted by molar-refractivity contribution is -0.152. The van der Waals surface area contributed by atoms with Crippen LogP contribution in [0.15, 0.2) is 48.5 Å². The Balaban J connectivity index is 1.57. The Morgan fingerprint density at radius 2 is 1.24 bits per heavy atom. The second-order valence-electron chi connectivity index (χ2n) is 11.5. The van der Waals surface area contributed by atoms with Gasteiger partial charge in [-0.1, -0.05) is 90.7 Å². The van der Waals surface area contributed by atoms with E-state index >= 15 is 0 Å². The van der Waals surface area contributed by atoms with Crippen LogP contribution in [0.1, 0.15) is 115 Å². The first-order valence-electron chi connectivity index (χ1n) is 16.6. The van der Waals surface area contributed by atoms with Gasteiger partial charge < -0.3 is 18.9 Å². The molecule has 0 amide bonds. The maximum absolute atomic E-state index is 12.6. The maximum atomic E-state index is 12.6. The van der Waals surface area contributed by atoms with Crippen molar-refractivity contribution in [3.05, 3.63) is 65.5 Å². The van der Waals surface area contributed by atoms with Crippen molar-refractivity contribution in [2.75, 3.05) is 19.8 Å². The summed E-state index contributed by atoms with van der Waals surface area (Å²) >= 11 is 0. The lowest BCUT2D eigenvalue weighted by Crippen LogP contribution is -2.24. The summed E-state index contributed by atoms with van der Waals surface area (Å²) in [7, 11) is 0. The summed E-state index contributed by atoms with van der Waals surface area (Å²) in [6.07, 6.45) is 13.8. The van der Waals surface area contributed by atoms with Crippen molar-refractivity contribution in [3.8, 4) is 11.5 Å². The normalized spacial score (nSPS) is 12.0. The predicted octanol–water partition coefficient (Wildman–Crippen LogP) is 9.29. The van der Waals surface area contributed by atoms with E-state index in [1.165, 1.54) is 51.4 Å². The fourth-order valence-corrected chi connectivity index (χ4v) is 4.84. The number of carbonyl (C=O) groups is 3. The van der Waals surface area contributed by atoms with Crippen LogP contribution in [0.4, 0.5) is 5.69 Å². The van der Waals surface area contributed by atoms with Gasteiger partial charge in [0.05, 0.1) is 43.8 Å². The van der Waals surface area contributed by atoms with Crippen molar-refractivity contribution in [2.24, 2.45) is 11.8 Å². The summed E-state index contributed by atoms with van der Waals surface area (Å²) in [5, 5.41) is 0. The minimum atomic E-state index is -0.508. The number of ether oxygens (including phenoxy) is 4. The fourth-order valence-electron chi connectivity index (χ4n) is 4.84. The Kier molecular flexibility index (Phi) is 18.8. The molecule has 2 aromatic carbocycles. The van der Waals surface area contributed by atoms with E-state index < -0.39 is 5.97 Å². The van der Waals surface area contributed by atoms with Gasteiger partial charge in [0.15, 0.2) is 5.69 Å². The van der Waals surface area contributed by atoms with Gasteiger partial charge in [-0.25, -0.2) is 9.64 Å². The number of unbranched alkanes of at least 4 members (excludes halogenated alkanes) is 9. The lowest BCUT2D eigenvalue weighted by atomic mass is 9.94. The van der Waals surface area contributed by atoms with Crippen LogP contribution < -0.4 is 9.47 Å². The van der Waals surface area contributed by atoms with E-state index in [9.17, 15) is 14.4 Å². The molecule has 0 aliphatic carbocycles. The molecule has 8 nitrogen and oxygen atoms in total. The van der Waals surface area contributed by atoms with Gasteiger partial charge in [-0.3, -0.25) is 9.59 Å². The molecule has 8 heteroatoms. The quantitative estimate of drug-likeness (QED) is 0.0528. The highest BCUT2D eigenvalue weighted by molar-refractivity contribution is 5.91. The Bertz CT molecular complexity index is 1170. The Morgan fingerprint density at radius 1 is 0.689 bits per heavy atom. The summed E-state index contributed by atoms with van der Waals surface area (Å²) < 4.78 is 22.0. The standard InChI is InChI=1S/C37H51NO7/c1-5-7-8-9-10-11-12-13-14-15-25-43-35(39)29(3)28-30(6-2)36(40)44-27-16-26-42-33-21-17-31(18-22-33)37(41)45-34-23-19-32(38-4)20-24-34/h17-24,29-30H,5-16,25-28H2,1-3H3. The van der Waals surface area contributed by atoms with Gasteiger partial charge in [-0.2, -0.15) is 0 Å². The van der Waals surface area contributed by atoms with Gasteiger partial charge in [0.2, 0.25) is 0 Å². The third kappa shape index (κ3) is 15.6. The monoisotopic (exact) mass is 621 g/mol. The molecule has 0 fully saturated rings. The van der Waals surface area contributed by atoms with Crippen LogP contribution in [0, 0.1) is 18.4 Å². The number of hydrogen-bond acceptors (Lipinski definition) is 7. The second kappa shape index (κ2) is 22.6. The number of benzene rings is 2. The largest absolute Gasteiger partial charge is 0.493 e. The molecule has 0 radical (unpaired) electrons. The first-order valence-corrected chi connectivity index (χ1v) is 16.6. The van der Waals surface area contributed by atoms with Crippen LogP contribution >= 0.6 is 0 Å². The second-order valence-corrected chi connectivity index (χ2v) is 11.5. The number of carbonyl (C=O) groups excluding carboxylic acids is 3. The zero-order valence-corrected chi connectivity index (χ0v) is 27.4. The molecular weight excluding hydrogens is 570 g/mol. The van der Waals surface area contributed by atoms with E-state index in [0.717, 1.165) is 12.8 Å². The molecule has 0 saturated heterocycles. The van der Waals surface area contributed by atoms with Crippen LogP contribution in [-0.2, 0) is 19.1 Å². The van der Waals surface area contributed by atoms with Gasteiger partial charge in [-0.05, 0) is 55.7 Å². The molecule has 2 aromatic rings. The minimum absolute atomic E-state index is 0.212. The molecule has 2 rings (SSSR count). The third-order valence-corrected chi connectivity index (χ3v) is 7.68. The molecule has 45 heavy (non-hydrogen) atoms. The summed E-state index contributed by atoms with van der Waals surface area (Å²) in [5.41, 5.74) is 0.839. The van der Waals surface area contributed by atoms with Gasteiger partial charge in [0, 0.05) is 6.42 Å². The molecule has 2 unspecified atom stereocenters. The van der Waals surface area contributed by atoms with E-state index in [0.29, 0.717) is 55.2 Å². The molecule has 0 bridgehead atoms. The topological polar surface area (TPSA) is 92.5 Å². The highest BCUT2D eigenvalue weighted by atomic mass is 16.5. The van der Waals surface area contributed by atoms with E-state index in [2.05, 4.69) is 11.8 Å². The number of nitrogens with zero attached hydrogens (tertiary/aromatic N) is 1. The maximum Gasteiger partial charge on any atom is 0.343 e. The van der Waals surface area contributed by atoms with Crippen molar-refractivity contribution >= 4 is 23.6 Å². The van der Waals surface area contributed by atoms with Crippen LogP contribution in [0.5, 0.6) is 11.5 Å². The Hall–Kier alpha value is -3.86. The summed E-state index contributed by atoms with van der Waals surface area (Å²) in [6, 6.07) is 12.9. The fraction of sp³-hybridized carbons (Fsp3) is 0.568. The van der Waals surface area contributed by atoms with E-state index in [-0.39, 0.29) is 30.4 Å². The number of hydrogen-bond donors (Lipinski definition) is 0. The van der Waals surface area contributed by atoms with Crippen LogP contribution in [0.25, 0.3) is 4.85 Å². The molecule has 0 aliphatic heterocycles. The van der Waals surface area contributed by atoms with Crippen molar-refractivity contribution in [1.82, 2.24) is 0 Å². The Morgan fingerprint density at radius 3 is 1.84 bits per heavy atom. The van der Waals surface area contributed by atoms with E-state index in [1.54, 1.807) is 48.5 Å². The molecular formula is C37H51NO7. The molecule has 0 aromatic heterocycles. The van der Waals surface area contributed by atoms with Crippen molar-refractivity contribution in [1.29, 1.82) is 0 Å². The number of rotatable bonds is 23. The first kappa shape index (κ1) is 37.3. The third-order valence-electron chi connectivity index (χ3n) is 7.68.